The summed E-state index contributed by atoms with van der Waals surface area (Å²) in [5.74, 6) is 1.79. The molecule has 19 heavy (non-hydrogen) atoms. The van der Waals surface area contributed by atoms with E-state index in [1.807, 2.05) is 18.2 Å². The van der Waals surface area contributed by atoms with Crippen LogP contribution in [0.3, 0.4) is 0 Å². The third-order valence-corrected chi connectivity index (χ3v) is 4.59. The molecule has 1 heterocycles. The fourth-order valence-electron chi connectivity index (χ4n) is 3.70. The van der Waals surface area contributed by atoms with Crippen molar-refractivity contribution in [1.29, 1.82) is 0 Å². The maximum Gasteiger partial charge on any atom is 0.125 e. The number of hydrogen-bond donors (Lipinski definition) is 1. The number of rotatable bonds is 1. The van der Waals surface area contributed by atoms with Crippen LogP contribution in [0.5, 0.6) is 11.5 Å². The molecule has 1 aromatic carbocycles. The molecule has 1 spiro atoms. The van der Waals surface area contributed by atoms with Crippen LogP contribution < -0.4 is 15.2 Å². The Bertz CT molecular complexity index is 498. The van der Waals surface area contributed by atoms with E-state index in [2.05, 4.69) is 13.8 Å². The van der Waals surface area contributed by atoms with Crippen LogP contribution in [0.1, 0.15) is 51.1 Å². The van der Waals surface area contributed by atoms with E-state index in [9.17, 15) is 0 Å². The third kappa shape index (κ3) is 2.20. The van der Waals surface area contributed by atoms with Gasteiger partial charge in [-0.05, 0) is 42.9 Å². The molecule has 0 saturated heterocycles. The van der Waals surface area contributed by atoms with Gasteiger partial charge in [-0.25, -0.2) is 0 Å². The van der Waals surface area contributed by atoms with Crippen LogP contribution in [-0.4, -0.2) is 12.7 Å². The van der Waals surface area contributed by atoms with E-state index in [-0.39, 0.29) is 11.6 Å². The molecule has 1 fully saturated rings. The molecule has 3 heteroatoms. The molecule has 0 aromatic heterocycles. The first-order valence-electron chi connectivity index (χ1n) is 7.06. The maximum atomic E-state index is 6.38. The molecule has 2 unspecified atom stereocenters. The highest BCUT2D eigenvalue weighted by atomic mass is 16.5. The lowest BCUT2D eigenvalue weighted by Crippen LogP contribution is -2.41. The highest BCUT2D eigenvalue weighted by molar-refractivity contribution is 5.44. The summed E-state index contributed by atoms with van der Waals surface area (Å²) in [5.41, 5.74) is 7.77. The van der Waals surface area contributed by atoms with Gasteiger partial charge in [-0.15, -0.1) is 0 Å². The van der Waals surface area contributed by atoms with Gasteiger partial charge in [0.2, 0.25) is 0 Å². The lowest BCUT2D eigenvalue weighted by molar-refractivity contribution is 0.0330. The van der Waals surface area contributed by atoms with E-state index in [4.69, 9.17) is 15.2 Å². The number of fused-ring (bicyclic) bond motifs is 1. The van der Waals surface area contributed by atoms with Crippen molar-refractivity contribution < 1.29 is 9.47 Å². The molecule has 0 radical (unpaired) electrons. The minimum absolute atomic E-state index is 0.0488. The Morgan fingerprint density at radius 1 is 1.32 bits per heavy atom. The molecule has 3 rings (SSSR count). The summed E-state index contributed by atoms with van der Waals surface area (Å²) >= 11 is 0. The Labute approximate surface area is 115 Å². The van der Waals surface area contributed by atoms with Crippen molar-refractivity contribution in [2.45, 2.75) is 51.2 Å². The monoisotopic (exact) mass is 261 g/mol. The SMILES string of the molecule is COc1ccc2c(c1)C(N)CC1(CCC(C)(C)C1)O2. The van der Waals surface area contributed by atoms with Crippen LogP contribution in [0.4, 0.5) is 0 Å². The van der Waals surface area contributed by atoms with Crippen molar-refractivity contribution in [3.8, 4) is 11.5 Å². The summed E-state index contributed by atoms with van der Waals surface area (Å²) in [5, 5.41) is 0. The molecule has 3 nitrogen and oxygen atoms in total. The topological polar surface area (TPSA) is 44.5 Å². The summed E-state index contributed by atoms with van der Waals surface area (Å²) in [6, 6.07) is 6.01. The Balaban J connectivity index is 1.93. The van der Waals surface area contributed by atoms with E-state index in [0.29, 0.717) is 5.41 Å². The first-order valence-corrected chi connectivity index (χ1v) is 7.06. The van der Waals surface area contributed by atoms with Crippen molar-refractivity contribution in [1.82, 2.24) is 0 Å². The minimum Gasteiger partial charge on any atom is -0.497 e. The fraction of sp³-hybridized carbons (Fsp3) is 0.625. The Kier molecular flexibility index (Phi) is 2.79. The van der Waals surface area contributed by atoms with Gasteiger partial charge in [0.15, 0.2) is 0 Å². The van der Waals surface area contributed by atoms with E-state index < -0.39 is 0 Å². The van der Waals surface area contributed by atoms with Gasteiger partial charge in [-0.2, -0.15) is 0 Å². The average Bonchev–Trinajstić information content (AvgIpc) is 2.64. The van der Waals surface area contributed by atoms with Crippen molar-refractivity contribution in [3.63, 3.8) is 0 Å². The van der Waals surface area contributed by atoms with Crippen LogP contribution in [0.25, 0.3) is 0 Å². The van der Waals surface area contributed by atoms with Crippen LogP contribution >= 0.6 is 0 Å². The van der Waals surface area contributed by atoms with Gasteiger partial charge in [-0.1, -0.05) is 13.8 Å². The normalized spacial score (nSPS) is 31.9. The number of hydrogen-bond acceptors (Lipinski definition) is 3. The standard InChI is InChI=1S/C16H23NO2/c1-15(2)6-7-16(10-15)9-13(17)12-8-11(18-3)4-5-14(12)19-16/h4-5,8,13H,6-7,9-10,17H2,1-3H3. The van der Waals surface area contributed by atoms with E-state index >= 15 is 0 Å². The zero-order valence-electron chi connectivity index (χ0n) is 12.0. The zero-order valence-corrected chi connectivity index (χ0v) is 12.0. The number of benzene rings is 1. The fourth-order valence-corrected chi connectivity index (χ4v) is 3.70. The van der Waals surface area contributed by atoms with Gasteiger partial charge < -0.3 is 15.2 Å². The van der Waals surface area contributed by atoms with Gasteiger partial charge in [-0.3, -0.25) is 0 Å². The van der Waals surface area contributed by atoms with Crippen LogP contribution in [0.2, 0.25) is 0 Å². The smallest absolute Gasteiger partial charge is 0.125 e. The summed E-state index contributed by atoms with van der Waals surface area (Å²) in [7, 11) is 1.68. The molecule has 2 N–H and O–H groups in total. The largest absolute Gasteiger partial charge is 0.497 e. The lowest BCUT2D eigenvalue weighted by Gasteiger charge is -2.39. The Morgan fingerprint density at radius 3 is 2.74 bits per heavy atom. The highest BCUT2D eigenvalue weighted by Crippen LogP contribution is 2.52. The molecule has 1 aliphatic carbocycles. The molecule has 1 saturated carbocycles. The van der Waals surface area contributed by atoms with Crippen molar-refractivity contribution in [2.24, 2.45) is 11.1 Å². The first kappa shape index (κ1) is 12.8. The summed E-state index contributed by atoms with van der Waals surface area (Å²) < 4.78 is 11.6. The number of methoxy groups -OCH3 is 1. The van der Waals surface area contributed by atoms with Gasteiger partial charge >= 0.3 is 0 Å². The number of nitrogens with two attached hydrogens (primary N) is 1. The van der Waals surface area contributed by atoms with Gasteiger partial charge in [0.25, 0.3) is 0 Å². The molecule has 0 bridgehead atoms. The number of ether oxygens (including phenoxy) is 2. The van der Waals surface area contributed by atoms with Crippen molar-refractivity contribution in [3.05, 3.63) is 23.8 Å². The molecular formula is C16H23NO2. The van der Waals surface area contributed by atoms with Crippen LogP contribution in [0, 0.1) is 5.41 Å². The van der Waals surface area contributed by atoms with E-state index in [1.54, 1.807) is 7.11 Å². The second-order valence-corrected chi connectivity index (χ2v) is 6.84. The van der Waals surface area contributed by atoms with Gasteiger partial charge in [0.05, 0.1) is 7.11 Å². The lowest BCUT2D eigenvalue weighted by atomic mass is 9.83. The molecule has 2 atom stereocenters. The second kappa shape index (κ2) is 4.14. The third-order valence-electron chi connectivity index (χ3n) is 4.59. The maximum absolute atomic E-state index is 6.38. The predicted octanol–water partition coefficient (Wildman–Crippen LogP) is 3.43. The first-order chi connectivity index (χ1) is 8.93. The van der Waals surface area contributed by atoms with Crippen molar-refractivity contribution >= 4 is 0 Å². The summed E-state index contributed by atoms with van der Waals surface area (Å²) in [4.78, 5) is 0. The summed E-state index contributed by atoms with van der Waals surface area (Å²) in [6.45, 7) is 4.64. The molecule has 2 aliphatic rings. The predicted molar refractivity (Wildman–Crippen MR) is 75.5 cm³/mol. The molecule has 1 aromatic rings. The molecule has 0 amide bonds. The average molecular weight is 261 g/mol. The molecule has 1 aliphatic heterocycles. The Hall–Kier alpha value is -1.22. The van der Waals surface area contributed by atoms with E-state index in [1.165, 1.54) is 6.42 Å². The minimum atomic E-state index is -0.0511. The molecular weight excluding hydrogens is 238 g/mol. The Morgan fingerprint density at radius 2 is 2.11 bits per heavy atom. The van der Waals surface area contributed by atoms with E-state index in [0.717, 1.165) is 36.3 Å². The van der Waals surface area contributed by atoms with Gasteiger partial charge in [0, 0.05) is 18.0 Å². The van der Waals surface area contributed by atoms with Gasteiger partial charge in [0.1, 0.15) is 17.1 Å². The zero-order chi connectivity index (χ0) is 13.7. The highest BCUT2D eigenvalue weighted by Gasteiger charge is 2.48. The summed E-state index contributed by atoms with van der Waals surface area (Å²) in [6.07, 6.45) is 4.33. The van der Waals surface area contributed by atoms with Crippen LogP contribution in [0.15, 0.2) is 18.2 Å². The second-order valence-electron chi connectivity index (χ2n) is 6.84. The van der Waals surface area contributed by atoms with Crippen LogP contribution in [-0.2, 0) is 0 Å². The quantitative estimate of drug-likeness (QED) is 0.842. The molecule has 104 valence electrons. The van der Waals surface area contributed by atoms with Crippen molar-refractivity contribution in [2.75, 3.05) is 7.11 Å².